The smallest absolute Gasteiger partial charge is 0.00584 e. The highest BCUT2D eigenvalue weighted by molar-refractivity contribution is 5.78. The van der Waals surface area contributed by atoms with E-state index in [1.165, 1.54) is 5.57 Å². The molecule has 0 rings (SSSR count). The Balaban J connectivity index is 3.78. The normalized spacial score (nSPS) is 12.5. The molecule has 0 aliphatic rings. The first kappa shape index (κ1) is 13.4. The molecule has 1 atom stereocenters. The van der Waals surface area contributed by atoms with E-state index >= 15 is 0 Å². The van der Waals surface area contributed by atoms with Crippen molar-refractivity contribution < 1.29 is 0 Å². The van der Waals surface area contributed by atoms with Crippen molar-refractivity contribution >= 4 is 5.71 Å². The van der Waals surface area contributed by atoms with Crippen LogP contribution in [0.4, 0.5) is 0 Å². The summed E-state index contributed by atoms with van der Waals surface area (Å²) in [6, 6.07) is 0. The van der Waals surface area contributed by atoms with Gasteiger partial charge in [0.25, 0.3) is 0 Å². The Bertz CT molecular complexity index is 185. The summed E-state index contributed by atoms with van der Waals surface area (Å²) in [7, 11) is 0. The van der Waals surface area contributed by atoms with E-state index < -0.39 is 0 Å². The lowest BCUT2D eigenvalue weighted by molar-refractivity contribution is 0.504. The zero-order valence-corrected chi connectivity index (χ0v) is 9.82. The predicted molar refractivity (Wildman–Crippen MR) is 64.1 cm³/mol. The predicted octanol–water partition coefficient (Wildman–Crippen LogP) is 3.00. The average Bonchev–Trinajstić information content (AvgIpc) is 2.10. The molecule has 0 saturated carbocycles. The molecule has 0 aromatic heterocycles. The van der Waals surface area contributed by atoms with Gasteiger partial charge in [0.05, 0.1) is 0 Å². The van der Waals surface area contributed by atoms with Gasteiger partial charge in [-0.2, -0.15) is 0 Å². The third kappa shape index (κ3) is 6.84. The van der Waals surface area contributed by atoms with Gasteiger partial charge in [-0.15, -0.1) is 0 Å². The van der Waals surface area contributed by atoms with Gasteiger partial charge < -0.3 is 10.7 Å². The van der Waals surface area contributed by atoms with E-state index in [1.54, 1.807) is 0 Å². The van der Waals surface area contributed by atoms with Crippen LogP contribution >= 0.6 is 0 Å². The summed E-state index contributed by atoms with van der Waals surface area (Å²) in [6.45, 7) is 12.2. The summed E-state index contributed by atoms with van der Waals surface area (Å²) < 4.78 is 0. The van der Waals surface area contributed by atoms with Crippen LogP contribution in [0.15, 0.2) is 12.2 Å². The molecular weight excluding hydrogens is 172 g/mol. The van der Waals surface area contributed by atoms with Gasteiger partial charge >= 0.3 is 0 Å². The maximum absolute atomic E-state index is 7.40. The largest absolute Gasteiger partial charge is 0.317 e. The van der Waals surface area contributed by atoms with Crippen LogP contribution in [0.5, 0.6) is 0 Å². The van der Waals surface area contributed by atoms with Crippen molar-refractivity contribution in [1.29, 1.82) is 5.41 Å². The molecule has 0 amide bonds. The van der Waals surface area contributed by atoms with E-state index in [9.17, 15) is 0 Å². The molecule has 0 saturated heterocycles. The van der Waals surface area contributed by atoms with Gasteiger partial charge in [-0.3, -0.25) is 0 Å². The van der Waals surface area contributed by atoms with Crippen LogP contribution in [-0.4, -0.2) is 18.8 Å². The second kappa shape index (κ2) is 7.74. The molecule has 82 valence electrons. The number of allylic oxidation sites excluding steroid dienone is 1. The van der Waals surface area contributed by atoms with Crippen LogP contribution in [-0.2, 0) is 0 Å². The minimum atomic E-state index is 0.578. The molecule has 2 N–H and O–H groups in total. The lowest BCUT2D eigenvalue weighted by Gasteiger charge is -2.16. The van der Waals surface area contributed by atoms with E-state index in [-0.39, 0.29) is 0 Å². The van der Waals surface area contributed by atoms with Gasteiger partial charge in [-0.1, -0.05) is 19.1 Å². The summed E-state index contributed by atoms with van der Waals surface area (Å²) in [4.78, 5) is 0. The Morgan fingerprint density at radius 2 is 2.00 bits per heavy atom. The average molecular weight is 196 g/mol. The van der Waals surface area contributed by atoms with E-state index in [0.717, 1.165) is 38.1 Å². The summed E-state index contributed by atoms with van der Waals surface area (Å²) in [5, 5.41) is 10.7. The van der Waals surface area contributed by atoms with Crippen LogP contribution in [0.25, 0.3) is 0 Å². The van der Waals surface area contributed by atoms with Crippen LogP contribution in [0.1, 0.15) is 40.0 Å². The Labute approximate surface area is 88.3 Å². The molecule has 0 fully saturated rings. The third-order valence-corrected chi connectivity index (χ3v) is 2.48. The molecule has 0 bridgehead atoms. The lowest BCUT2D eigenvalue weighted by Crippen LogP contribution is -2.18. The molecule has 2 nitrogen and oxygen atoms in total. The van der Waals surface area contributed by atoms with Gasteiger partial charge in [0.2, 0.25) is 0 Å². The Hall–Kier alpha value is -0.630. The van der Waals surface area contributed by atoms with E-state index in [0.29, 0.717) is 5.92 Å². The number of hydrogen-bond acceptors (Lipinski definition) is 2. The molecule has 2 heteroatoms. The van der Waals surface area contributed by atoms with Gasteiger partial charge in [0.1, 0.15) is 0 Å². The van der Waals surface area contributed by atoms with Crippen molar-refractivity contribution in [3.63, 3.8) is 0 Å². The zero-order valence-electron chi connectivity index (χ0n) is 9.82. The van der Waals surface area contributed by atoms with Crippen LogP contribution < -0.4 is 5.32 Å². The van der Waals surface area contributed by atoms with Crippen LogP contribution in [0.2, 0.25) is 0 Å². The molecule has 0 aromatic rings. The summed E-state index contributed by atoms with van der Waals surface area (Å²) in [5.74, 6) is 0.578. The molecule has 0 aromatic carbocycles. The molecular formula is C12H24N2. The van der Waals surface area contributed by atoms with Crippen molar-refractivity contribution in [1.82, 2.24) is 5.32 Å². The first-order valence-corrected chi connectivity index (χ1v) is 5.48. The number of rotatable bonds is 8. The van der Waals surface area contributed by atoms with Crippen molar-refractivity contribution in [2.75, 3.05) is 13.1 Å². The van der Waals surface area contributed by atoms with E-state index in [1.807, 2.05) is 6.92 Å². The standard InChI is InChI=1S/C12H24N2/c1-5-14-9-8-12(10(2)3)7-6-11(4)13/h12-14H,2,5-9H2,1,3-4H3. The Kier molecular flexibility index (Phi) is 7.40. The molecule has 0 radical (unpaired) electrons. The van der Waals surface area contributed by atoms with Crippen molar-refractivity contribution in [3.05, 3.63) is 12.2 Å². The highest BCUT2D eigenvalue weighted by Crippen LogP contribution is 2.18. The molecule has 14 heavy (non-hydrogen) atoms. The van der Waals surface area contributed by atoms with Crippen molar-refractivity contribution in [2.45, 2.75) is 40.0 Å². The summed E-state index contributed by atoms with van der Waals surface area (Å²) in [6.07, 6.45) is 3.14. The van der Waals surface area contributed by atoms with Crippen molar-refractivity contribution in [2.24, 2.45) is 5.92 Å². The Morgan fingerprint density at radius 1 is 1.36 bits per heavy atom. The summed E-state index contributed by atoms with van der Waals surface area (Å²) in [5.41, 5.74) is 2.03. The zero-order chi connectivity index (χ0) is 11.0. The fraction of sp³-hybridized carbons (Fsp3) is 0.750. The highest BCUT2D eigenvalue weighted by atomic mass is 14.8. The minimum Gasteiger partial charge on any atom is -0.317 e. The summed E-state index contributed by atoms with van der Waals surface area (Å²) >= 11 is 0. The second-order valence-corrected chi connectivity index (χ2v) is 4.00. The Morgan fingerprint density at radius 3 is 2.43 bits per heavy atom. The number of hydrogen-bond donors (Lipinski definition) is 2. The first-order valence-electron chi connectivity index (χ1n) is 5.48. The fourth-order valence-corrected chi connectivity index (χ4v) is 1.48. The molecule has 0 aliphatic heterocycles. The van der Waals surface area contributed by atoms with Gasteiger partial charge in [-0.05, 0) is 52.1 Å². The quantitative estimate of drug-likeness (QED) is 0.349. The fourth-order valence-electron chi connectivity index (χ4n) is 1.48. The molecule has 1 unspecified atom stereocenters. The van der Waals surface area contributed by atoms with Gasteiger partial charge in [0, 0.05) is 5.71 Å². The maximum Gasteiger partial charge on any atom is 0.00584 e. The molecule has 0 aliphatic carbocycles. The monoisotopic (exact) mass is 196 g/mol. The lowest BCUT2D eigenvalue weighted by atomic mass is 9.92. The van der Waals surface area contributed by atoms with E-state index in [4.69, 9.17) is 5.41 Å². The molecule has 0 heterocycles. The second-order valence-electron chi connectivity index (χ2n) is 4.00. The maximum atomic E-state index is 7.40. The van der Waals surface area contributed by atoms with E-state index in [2.05, 4.69) is 25.7 Å². The minimum absolute atomic E-state index is 0.578. The highest BCUT2D eigenvalue weighted by Gasteiger charge is 2.08. The van der Waals surface area contributed by atoms with Crippen LogP contribution in [0, 0.1) is 11.3 Å². The van der Waals surface area contributed by atoms with Crippen molar-refractivity contribution in [3.8, 4) is 0 Å². The van der Waals surface area contributed by atoms with Gasteiger partial charge in [-0.25, -0.2) is 0 Å². The topological polar surface area (TPSA) is 35.9 Å². The number of nitrogens with one attached hydrogen (secondary N) is 2. The third-order valence-electron chi connectivity index (χ3n) is 2.48. The van der Waals surface area contributed by atoms with Crippen LogP contribution in [0.3, 0.4) is 0 Å². The first-order chi connectivity index (χ1) is 6.57. The SMILES string of the molecule is C=C(C)C(CCNCC)CCC(C)=N. The van der Waals surface area contributed by atoms with Gasteiger partial charge in [0.15, 0.2) is 0 Å². The molecule has 0 spiro atoms.